The van der Waals surface area contributed by atoms with Gasteiger partial charge in [-0.25, -0.2) is 13.4 Å². The van der Waals surface area contributed by atoms with Crippen molar-refractivity contribution in [3.05, 3.63) is 65.0 Å². The van der Waals surface area contributed by atoms with Gasteiger partial charge in [0, 0.05) is 17.5 Å². The van der Waals surface area contributed by atoms with E-state index in [9.17, 15) is 13.2 Å². The maximum Gasteiger partial charge on any atom is 0.206 e. The van der Waals surface area contributed by atoms with Crippen LogP contribution in [0.25, 0.3) is 0 Å². The molecule has 0 saturated carbocycles. The van der Waals surface area contributed by atoms with Crippen LogP contribution < -0.4 is 11.1 Å². The normalized spacial score (nSPS) is 11.2. The number of carbonyl (C=O) groups excluding carboxylic acids is 1. The van der Waals surface area contributed by atoms with E-state index in [0.29, 0.717) is 15.6 Å². The fourth-order valence-electron chi connectivity index (χ4n) is 2.18. The van der Waals surface area contributed by atoms with E-state index in [4.69, 9.17) is 5.73 Å². The Bertz CT molecular complexity index is 1010. The number of aromatic nitrogens is 1. The van der Waals surface area contributed by atoms with E-state index in [1.165, 1.54) is 24.3 Å². The average molecular weight is 373 g/mol. The summed E-state index contributed by atoms with van der Waals surface area (Å²) in [6, 6.07) is 15.2. The van der Waals surface area contributed by atoms with Gasteiger partial charge in [0.15, 0.2) is 15.0 Å². The molecule has 0 aliphatic carbocycles. The average Bonchev–Trinajstić information content (AvgIpc) is 2.95. The van der Waals surface area contributed by atoms with Crippen LogP contribution >= 0.6 is 11.3 Å². The first-order valence-electron chi connectivity index (χ1n) is 7.28. The SMILES string of the molecule is CS(=O)(=O)c1ccc(C(=O)c2sc(Nc3ccccc3)nc2N)cc1. The molecule has 1 aromatic heterocycles. The molecule has 0 spiro atoms. The third-order valence-electron chi connectivity index (χ3n) is 3.43. The summed E-state index contributed by atoms with van der Waals surface area (Å²) in [6.07, 6.45) is 1.12. The van der Waals surface area contributed by atoms with Crippen molar-refractivity contribution in [2.24, 2.45) is 0 Å². The zero-order chi connectivity index (χ0) is 18.0. The maximum absolute atomic E-state index is 12.6. The molecule has 25 heavy (non-hydrogen) atoms. The monoisotopic (exact) mass is 373 g/mol. The standard InChI is InChI=1S/C17H15N3O3S2/c1-25(22,23)13-9-7-11(8-10-13)14(21)15-16(18)20-17(24-15)19-12-5-3-2-4-6-12/h2-10H,18H2,1H3,(H,19,20). The molecule has 0 saturated heterocycles. The molecule has 3 aromatic rings. The number of para-hydroxylation sites is 1. The van der Waals surface area contributed by atoms with Gasteiger partial charge in [0.25, 0.3) is 0 Å². The fourth-order valence-corrected chi connectivity index (χ4v) is 3.68. The van der Waals surface area contributed by atoms with Crippen LogP contribution in [-0.4, -0.2) is 25.4 Å². The van der Waals surface area contributed by atoms with Gasteiger partial charge < -0.3 is 11.1 Å². The van der Waals surface area contributed by atoms with E-state index < -0.39 is 9.84 Å². The van der Waals surface area contributed by atoms with Crippen LogP contribution in [0.5, 0.6) is 0 Å². The molecule has 0 amide bonds. The molecule has 128 valence electrons. The van der Waals surface area contributed by atoms with Gasteiger partial charge in [-0.2, -0.15) is 0 Å². The molecular weight excluding hydrogens is 358 g/mol. The first-order valence-corrected chi connectivity index (χ1v) is 9.98. The molecule has 0 radical (unpaired) electrons. The van der Waals surface area contributed by atoms with Gasteiger partial charge in [-0.3, -0.25) is 4.79 Å². The van der Waals surface area contributed by atoms with E-state index in [2.05, 4.69) is 10.3 Å². The van der Waals surface area contributed by atoms with Crippen molar-refractivity contribution in [1.82, 2.24) is 4.98 Å². The minimum atomic E-state index is -3.30. The van der Waals surface area contributed by atoms with Crippen LogP contribution in [0.1, 0.15) is 15.2 Å². The predicted octanol–water partition coefficient (Wildman–Crippen LogP) is 3.10. The summed E-state index contributed by atoms with van der Waals surface area (Å²) in [4.78, 5) is 17.3. The van der Waals surface area contributed by atoms with E-state index in [-0.39, 0.29) is 16.5 Å². The van der Waals surface area contributed by atoms with Crippen LogP contribution in [0.3, 0.4) is 0 Å². The Morgan fingerprint density at radius 3 is 2.32 bits per heavy atom. The molecule has 2 aromatic carbocycles. The maximum atomic E-state index is 12.6. The number of rotatable bonds is 5. The number of sulfone groups is 1. The molecule has 1 heterocycles. The predicted molar refractivity (Wildman–Crippen MR) is 99.2 cm³/mol. The van der Waals surface area contributed by atoms with Crippen molar-refractivity contribution in [2.75, 3.05) is 17.3 Å². The Morgan fingerprint density at radius 2 is 1.72 bits per heavy atom. The Kier molecular flexibility index (Phi) is 4.56. The summed E-state index contributed by atoms with van der Waals surface area (Å²) in [7, 11) is -3.30. The van der Waals surface area contributed by atoms with Crippen molar-refractivity contribution in [3.8, 4) is 0 Å². The number of hydrogen-bond donors (Lipinski definition) is 2. The Morgan fingerprint density at radius 1 is 1.08 bits per heavy atom. The topological polar surface area (TPSA) is 102 Å². The van der Waals surface area contributed by atoms with Gasteiger partial charge in [-0.1, -0.05) is 29.5 Å². The number of anilines is 3. The number of benzene rings is 2. The fraction of sp³-hybridized carbons (Fsp3) is 0.0588. The van der Waals surface area contributed by atoms with Crippen LogP contribution in [0, 0.1) is 0 Å². The largest absolute Gasteiger partial charge is 0.382 e. The lowest BCUT2D eigenvalue weighted by Gasteiger charge is -2.01. The zero-order valence-electron chi connectivity index (χ0n) is 13.3. The van der Waals surface area contributed by atoms with E-state index in [1.54, 1.807) is 0 Å². The number of nitrogens with two attached hydrogens (primary N) is 1. The van der Waals surface area contributed by atoms with Crippen LogP contribution in [-0.2, 0) is 9.84 Å². The lowest BCUT2D eigenvalue weighted by Crippen LogP contribution is -2.04. The third kappa shape index (κ3) is 3.86. The molecule has 0 fully saturated rings. The highest BCUT2D eigenvalue weighted by atomic mass is 32.2. The minimum absolute atomic E-state index is 0.139. The number of nitrogens with zero attached hydrogens (tertiary/aromatic N) is 1. The lowest BCUT2D eigenvalue weighted by atomic mass is 10.1. The van der Waals surface area contributed by atoms with Gasteiger partial charge >= 0.3 is 0 Å². The number of ketones is 1. The number of nitrogen functional groups attached to an aromatic ring is 1. The number of hydrogen-bond acceptors (Lipinski definition) is 7. The molecule has 3 N–H and O–H groups in total. The molecule has 0 aliphatic heterocycles. The highest BCUT2D eigenvalue weighted by Gasteiger charge is 2.19. The summed E-state index contributed by atoms with van der Waals surface area (Å²) in [5.74, 6) is -0.156. The zero-order valence-corrected chi connectivity index (χ0v) is 14.9. The molecular formula is C17H15N3O3S2. The van der Waals surface area contributed by atoms with Crippen molar-refractivity contribution < 1.29 is 13.2 Å². The van der Waals surface area contributed by atoms with Crippen molar-refractivity contribution in [2.45, 2.75) is 4.90 Å². The first-order chi connectivity index (χ1) is 11.8. The minimum Gasteiger partial charge on any atom is -0.382 e. The molecule has 0 unspecified atom stereocenters. The third-order valence-corrected chi connectivity index (χ3v) is 5.54. The molecule has 8 heteroatoms. The number of thiazole rings is 1. The summed E-state index contributed by atoms with van der Waals surface area (Å²) in [5, 5.41) is 3.61. The highest BCUT2D eigenvalue weighted by Crippen LogP contribution is 2.29. The van der Waals surface area contributed by atoms with Crippen molar-refractivity contribution in [1.29, 1.82) is 0 Å². The van der Waals surface area contributed by atoms with E-state index in [1.807, 2.05) is 30.3 Å². The highest BCUT2D eigenvalue weighted by molar-refractivity contribution is 7.90. The molecule has 0 atom stereocenters. The van der Waals surface area contributed by atoms with Crippen molar-refractivity contribution in [3.63, 3.8) is 0 Å². The quantitative estimate of drug-likeness (QED) is 0.666. The van der Waals surface area contributed by atoms with Gasteiger partial charge in [-0.15, -0.1) is 0 Å². The van der Waals surface area contributed by atoms with Gasteiger partial charge in [0.2, 0.25) is 5.78 Å². The second-order valence-corrected chi connectivity index (χ2v) is 8.36. The smallest absolute Gasteiger partial charge is 0.206 e. The summed E-state index contributed by atoms with van der Waals surface area (Å²) >= 11 is 1.15. The van der Waals surface area contributed by atoms with Crippen LogP contribution in [0.2, 0.25) is 0 Å². The van der Waals surface area contributed by atoms with Crippen LogP contribution in [0.4, 0.5) is 16.6 Å². The summed E-state index contributed by atoms with van der Waals surface area (Å²) < 4.78 is 23.0. The molecule has 0 bridgehead atoms. The van der Waals surface area contributed by atoms with Gasteiger partial charge in [0.05, 0.1) is 4.90 Å². The van der Waals surface area contributed by atoms with E-state index >= 15 is 0 Å². The number of nitrogens with one attached hydrogen (secondary N) is 1. The van der Waals surface area contributed by atoms with Crippen molar-refractivity contribution >= 4 is 43.6 Å². The molecule has 3 rings (SSSR count). The van der Waals surface area contributed by atoms with Gasteiger partial charge in [-0.05, 0) is 36.4 Å². The first kappa shape index (κ1) is 17.1. The summed E-state index contributed by atoms with van der Waals surface area (Å²) in [6.45, 7) is 0. The Labute approximate surface area is 149 Å². The lowest BCUT2D eigenvalue weighted by molar-refractivity contribution is 0.104. The van der Waals surface area contributed by atoms with Crippen LogP contribution in [0.15, 0.2) is 59.5 Å². The van der Waals surface area contributed by atoms with Gasteiger partial charge in [0.1, 0.15) is 10.7 Å². The van der Waals surface area contributed by atoms with E-state index in [0.717, 1.165) is 23.3 Å². The molecule has 0 aliphatic rings. The Hall–Kier alpha value is -2.71. The second kappa shape index (κ2) is 6.66. The second-order valence-electron chi connectivity index (χ2n) is 5.35. The Balaban J connectivity index is 1.85. The summed E-state index contributed by atoms with van der Waals surface area (Å²) in [5.41, 5.74) is 7.07. The molecule has 6 nitrogen and oxygen atoms in total. The number of carbonyl (C=O) groups is 1.